The number of halogens is 1. The fraction of sp³-hybridized carbons (Fsp3) is 0.500. The summed E-state index contributed by atoms with van der Waals surface area (Å²) in [7, 11) is 0. The maximum Gasteiger partial charge on any atom is 0.0965 e. The molecule has 2 N–H and O–H groups in total. The zero-order chi connectivity index (χ0) is 10.7. The van der Waals surface area contributed by atoms with Crippen molar-refractivity contribution in [3.05, 3.63) is 34.9 Å². The van der Waals surface area contributed by atoms with Crippen molar-refractivity contribution in [1.29, 1.82) is 0 Å². The van der Waals surface area contributed by atoms with Crippen molar-refractivity contribution >= 4 is 11.6 Å². The molecule has 0 saturated heterocycles. The first-order valence-electron chi connectivity index (χ1n) is 5.41. The molecular weight excluding hydrogens is 210 g/mol. The minimum absolute atomic E-state index is 0.0519. The summed E-state index contributed by atoms with van der Waals surface area (Å²) in [4.78, 5) is 0. The van der Waals surface area contributed by atoms with Crippen LogP contribution >= 0.6 is 11.6 Å². The Balaban J connectivity index is 2.07. The number of benzene rings is 1. The molecule has 1 fully saturated rings. The van der Waals surface area contributed by atoms with Crippen LogP contribution < -0.4 is 5.73 Å². The standard InChI is InChI=1S/C12H16ClNO/c13-11-7-2-1-6-10(11)12(8-14)15-9-4-3-5-9/h1-2,6-7,9,12H,3-5,8,14H2. The molecular formula is C12H16ClNO. The van der Waals surface area contributed by atoms with E-state index in [0.717, 1.165) is 23.4 Å². The average molecular weight is 226 g/mol. The second-order valence-corrected chi connectivity index (χ2v) is 4.34. The Hall–Kier alpha value is -0.570. The minimum Gasteiger partial charge on any atom is -0.369 e. The minimum atomic E-state index is -0.0519. The quantitative estimate of drug-likeness (QED) is 0.855. The van der Waals surface area contributed by atoms with Gasteiger partial charge in [0, 0.05) is 17.1 Å². The molecule has 0 heterocycles. The van der Waals surface area contributed by atoms with E-state index >= 15 is 0 Å². The van der Waals surface area contributed by atoms with Crippen molar-refractivity contribution in [1.82, 2.24) is 0 Å². The highest BCUT2D eigenvalue weighted by Crippen LogP contribution is 2.31. The van der Waals surface area contributed by atoms with Crippen LogP contribution in [0.3, 0.4) is 0 Å². The van der Waals surface area contributed by atoms with E-state index in [2.05, 4.69) is 0 Å². The fourth-order valence-electron chi connectivity index (χ4n) is 1.73. The summed E-state index contributed by atoms with van der Waals surface area (Å²) >= 11 is 6.11. The Morgan fingerprint density at radius 1 is 1.40 bits per heavy atom. The molecule has 1 aromatic carbocycles. The van der Waals surface area contributed by atoms with E-state index in [4.69, 9.17) is 22.1 Å². The van der Waals surface area contributed by atoms with Gasteiger partial charge in [-0.25, -0.2) is 0 Å². The molecule has 1 unspecified atom stereocenters. The van der Waals surface area contributed by atoms with Gasteiger partial charge in [0.05, 0.1) is 12.2 Å². The van der Waals surface area contributed by atoms with E-state index in [1.165, 1.54) is 6.42 Å². The van der Waals surface area contributed by atoms with E-state index in [9.17, 15) is 0 Å². The molecule has 1 atom stereocenters. The highest BCUT2D eigenvalue weighted by molar-refractivity contribution is 6.31. The van der Waals surface area contributed by atoms with Crippen molar-refractivity contribution < 1.29 is 4.74 Å². The molecule has 2 nitrogen and oxygen atoms in total. The third-order valence-corrected chi connectivity index (χ3v) is 3.22. The van der Waals surface area contributed by atoms with Crippen LogP contribution in [0.1, 0.15) is 30.9 Å². The zero-order valence-corrected chi connectivity index (χ0v) is 9.41. The topological polar surface area (TPSA) is 35.2 Å². The van der Waals surface area contributed by atoms with Gasteiger partial charge in [-0.2, -0.15) is 0 Å². The molecule has 0 aliphatic heterocycles. The van der Waals surface area contributed by atoms with Crippen molar-refractivity contribution in [2.75, 3.05) is 6.54 Å². The zero-order valence-electron chi connectivity index (χ0n) is 8.66. The van der Waals surface area contributed by atoms with Crippen LogP contribution in [0.5, 0.6) is 0 Å². The first kappa shape index (κ1) is 10.9. The second-order valence-electron chi connectivity index (χ2n) is 3.93. The lowest BCUT2D eigenvalue weighted by atomic mass is 9.95. The molecule has 1 saturated carbocycles. The molecule has 15 heavy (non-hydrogen) atoms. The summed E-state index contributed by atoms with van der Waals surface area (Å²) in [5, 5.41) is 0.743. The van der Waals surface area contributed by atoms with Gasteiger partial charge in [-0.15, -0.1) is 0 Å². The molecule has 1 aliphatic carbocycles. The van der Waals surface area contributed by atoms with E-state index in [-0.39, 0.29) is 6.10 Å². The van der Waals surface area contributed by atoms with Crippen LogP contribution in [0.25, 0.3) is 0 Å². The van der Waals surface area contributed by atoms with Gasteiger partial charge < -0.3 is 10.5 Å². The lowest BCUT2D eigenvalue weighted by molar-refractivity contribution is -0.0486. The Kier molecular flexibility index (Phi) is 3.62. The number of hydrogen-bond donors (Lipinski definition) is 1. The van der Waals surface area contributed by atoms with Crippen LogP contribution in [0, 0.1) is 0 Å². The first-order chi connectivity index (χ1) is 7.31. The van der Waals surface area contributed by atoms with Crippen LogP contribution in [0.4, 0.5) is 0 Å². The van der Waals surface area contributed by atoms with Crippen molar-refractivity contribution in [2.45, 2.75) is 31.5 Å². The molecule has 1 aromatic rings. The van der Waals surface area contributed by atoms with Gasteiger partial charge in [-0.05, 0) is 25.3 Å². The largest absolute Gasteiger partial charge is 0.369 e. The summed E-state index contributed by atoms with van der Waals surface area (Å²) in [5.41, 5.74) is 6.73. The summed E-state index contributed by atoms with van der Waals surface area (Å²) < 4.78 is 5.89. The second kappa shape index (κ2) is 4.97. The first-order valence-corrected chi connectivity index (χ1v) is 5.79. The van der Waals surface area contributed by atoms with Gasteiger partial charge in [-0.1, -0.05) is 29.8 Å². The number of rotatable bonds is 4. The third-order valence-electron chi connectivity index (χ3n) is 2.88. The van der Waals surface area contributed by atoms with Crippen LogP contribution in [-0.4, -0.2) is 12.6 Å². The maximum atomic E-state index is 6.11. The summed E-state index contributed by atoms with van der Waals surface area (Å²) in [6, 6.07) is 7.75. The monoisotopic (exact) mass is 225 g/mol. The van der Waals surface area contributed by atoms with Crippen LogP contribution in [0.15, 0.2) is 24.3 Å². The van der Waals surface area contributed by atoms with Gasteiger partial charge in [0.15, 0.2) is 0 Å². The van der Waals surface area contributed by atoms with Gasteiger partial charge in [0.2, 0.25) is 0 Å². The van der Waals surface area contributed by atoms with E-state index in [1.807, 2.05) is 24.3 Å². The Bertz CT molecular complexity index is 325. The van der Waals surface area contributed by atoms with Gasteiger partial charge in [0.25, 0.3) is 0 Å². The van der Waals surface area contributed by atoms with Crippen molar-refractivity contribution in [2.24, 2.45) is 5.73 Å². The highest BCUT2D eigenvalue weighted by atomic mass is 35.5. The number of ether oxygens (including phenoxy) is 1. The van der Waals surface area contributed by atoms with E-state index in [0.29, 0.717) is 12.6 Å². The van der Waals surface area contributed by atoms with E-state index in [1.54, 1.807) is 0 Å². The smallest absolute Gasteiger partial charge is 0.0965 e. The Morgan fingerprint density at radius 2 is 2.13 bits per heavy atom. The summed E-state index contributed by atoms with van der Waals surface area (Å²) in [6.45, 7) is 0.486. The maximum absolute atomic E-state index is 6.11. The van der Waals surface area contributed by atoms with Crippen molar-refractivity contribution in [3.8, 4) is 0 Å². The molecule has 82 valence electrons. The normalized spacial score (nSPS) is 18.5. The predicted molar refractivity (Wildman–Crippen MR) is 62.0 cm³/mol. The molecule has 0 aromatic heterocycles. The predicted octanol–water partition coefficient (Wildman–Crippen LogP) is 2.91. The molecule has 3 heteroatoms. The fourth-order valence-corrected chi connectivity index (χ4v) is 1.99. The van der Waals surface area contributed by atoms with Gasteiger partial charge in [-0.3, -0.25) is 0 Å². The van der Waals surface area contributed by atoms with Crippen LogP contribution in [0.2, 0.25) is 5.02 Å². The molecule has 1 aliphatic rings. The lowest BCUT2D eigenvalue weighted by Crippen LogP contribution is -2.27. The van der Waals surface area contributed by atoms with Crippen LogP contribution in [-0.2, 0) is 4.74 Å². The van der Waals surface area contributed by atoms with E-state index < -0.39 is 0 Å². The number of nitrogens with two attached hydrogens (primary N) is 1. The Morgan fingerprint density at radius 3 is 2.67 bits per heavy atom. The molecule has 0 radical (unpaired) electrons. The summed E-state index contributed by atoms with van der Waals surface area (Å²) in [5.74, 6) is 0. The molecule has 0 bridgehead atoms. The average Bonchev–Trinajstić information content (AvgIpc) is 2.19. The summed E-state index contributed by atoms with van der Waals surface area (Å²) in [6.07, 6.45) is 3.91. The van der Waals surface area contributed by atoms with Gasteiger partial charge >= 0.3 is 0 Å². The molecule has 0 amide bonds. The molecule has 2 rings (SSSR count). The van der Waals surface area contributed by atoms with Crippen molar-refractivity contribution in [3.63, 3.8) is 0 Å². The lowest BCUT2D eigenvalue weighted by Gasteiger charge is -2.30. The highest BCUT2D eigenvalue weighted by Gasteiger charge is 2.23. The SMILES string of the molecule is NCC(OC1CCC1)c1ccccc1Cl. The third kappa shape index (κ3) is 2.51. The van der Waals surface area contributed by atoms with Gasteiger partial charge in [0.1, 0.15) is 0 Å². The number of hydrogen-bond acceptors (Lipinski definition) is 2. The Labute approximate surface area is 95.4 Å². The molecule has 0 spiro atoms.